The van der Waals surface area contributed by atoms with Crippen molar-refractivity contribution in [3.05, 3.63) is 74.4 Å². The second-order valence-electron chi connectivity index (χ2n) is 5.43. The van der Waals surface area contributed by atoms with Crippen LogP contribution in [0.25, 0.3) is 0 Å². The minimum atomic E-state index is 0.348. The first-order chi connectivity index (χ1) is 12.0. The number of aromatic nitrogens is 2. The summed E-state index contributed by atoms with van der Waals surface area (Å²) in [5.74, 6) is 1.09. The van der Waals surface area contributed by atoms with Crippen molar-refractivity contribution >= 4 is 44.0 Å². The van der Waals surface area contributed by atoms with Crippen LogP contribution in [-0.2, 0) is 6.61 Å². The molecule has 0 unspecified atom stereocenters. The van der Waals surface area contributed by atoms with Gasteiger partial charge in [0.1, 0.15) is 12.4 Å². The Hall–Kier alpha value is -2.12. The van der Waals surface area contributed by atoms with Gasteiger partial charge in [-0.1, -0.05) is 44.0 Å². The topological polar surface area (TPSA) is 65.4 Å². The Bertz CT molecular complexity index is 904. The van der Waals surface area contributed by atoms with E-state index in [1.165, 1.54) is 4.68 Å². The number of nitrogen functional groups attached to an aromatic ring is 1. The molecule has 1 heterocycles. The molecule has 0 aliphatic heterocycles. The summed E-state index contributed by atoms with van der Waals surface area (Å²) in [6.07, 6.45) is 3.48. The molecule has 0 amide bonds. The summed E-state index contributed by atoms with van der Waals surface area (Å²) in [6.45, 7) is 2.34. The number of ether oxygens (including phenoxy) is 1. The van der Waals surface area contributed by atoms with Crippen molar-refractivity contribution in [2.45, 2.75) is 13.5 Å². The lowest BCUT2D eigenvalue weighted by molar-refractivity contribution is 0.305. The number of imidazole rings is 1. The molecule has 0 saturated carbocycles. The maximum atomic E-state index is 5.96. The molecule has 0 bridgehead atoms. The Morgan fingerprint density at radius 2 is 1.88 bits per heavy atom. The van der Waals surface area contributed by atoms with E-state index >= 15 is 0 Å². The zero-order valence-corrected chi connectivity index (χ0v) is 16.7. The predicted molar refractivity (Wildman–Crippen MR) is 107 cm³/mol. The van der Waals surface area contributed by atoms with Gasteiger partial charge in [-0.2, -0.15) is 5.10 Å². The molecule has 1 aromatic heterocycles. The number of hydrogen-bond donors (Lipinski definition) is 1. The fourth-order valence-electron chi connectivity index (χ4n) is 2.21. The highest BCUT2D eigenvalue weighted by atomic mass is 79.9. The molecule has 25 heavy (non-hydrogen) atoms. The lowest BCUT2D eigenvalue weighted by atomic mass is 10.2. The van der Waals surface area contributed by atoms with E-state index in [4.69, 9.17) is 10.5 Å². The minimum absolute atomic E-state index is 0.348. The van der Waals surface area contributed by atoms with Crippen LogP contribution in [0.1, 0.15) is 16.8 Å². The van der Waals surface area contributed by atoms with Crippen LogP contribution in [0.2, 0.25) is 0 Å². The Kier molecular flexibility index (Phi) is 5.55. The molecule has 5 nitrogen and oxygen atoms in total. The normalized spacial score (nSPS) is 11.2. The number of rotatable bonds is 5. The lowest BCUT2D eigenvalue weighted by Gasteiger charge is -2.10. The van der Waals surface area contributed by atoms with E-state index in [1.54, 1.807) is 12.4 Å². The molecule has 0 radical (unpaired) electrons. The van der Waals surface area contributed by atoms with Gasteiger partial charge >= 0.3 is 0 Å². The van der Waals surface area contributed by atoms with E-state index in [0.717, 1.165) is 31.5 Å². The van der Waals surface area contributed by atoms with Gasteiger partial charge in [-0.05, 0) is 42.8 Å². The van der Waals surface area contributed by atoms with Gasteiger partial charge in [0, 0.05) is 14.5 Å². The van der Waals surface area contributed by atoms with Crippen molar-refractivity contribution in [3.63, 3.8) is 0 Å². The number of aryl methyl sites for hydroxylation is 1. The quantitative estimate of drug-likeness (QED) is 0.554. The standard InChI is InChI=1S/C18H16Br2N4O/c1-12-10-24(18(21)23-12)22-9-14-8-16(20)6-7-17(14)25-11-13-2-4-15(19)5-3-13/h2-10H,11H2,1H3,(H2,21,23). The summed E-state index contributed by atoms with van der Waals surface area (Å²) in [5, 5.41) is 4.36. The average Bonchev–Trinajstić information content (AvgIpc) is 2.91. The number of nitrogens with zero attached hydrogens (tertiary/aromatic N) is 3. The third kappa shape index (κ3) is 4.70. The molecule has 3 rings (SSSR count). The largest absolute Gasteiger partial charge is 0.488 e. The number of benzene rings is 2. The molecule has 0 atom stereocenters. The summed E-state index contributed by atoms with van der Waals surface area (Å²) >= 11 is 6.91. The first-order valence-corrected chi connectivity index (χ1v) is 9.12. The van der Waals surface area contributed by atoms with Crippen molar-refractivity contribution < 1.29 is 4.74 Å². The Balaban J connectivity index is 1.80. The van der Waals surface area contributed by atoms with E-state index in [9.17, 15) is 0 Å². The van der Waals surface area contributed by atoms with Gasteiger partial charge in [-0.3, -0.25) is 0 Å². The minimum Gasteiger partial charge on any atom is -0.488 e. The van der Waals surface area contributed by atoms with Gasteiger partial charge in [0.05, 0.1) is 18.1 Å². The molecule has 0 saturated heterocycles. The summed E-state index contributed by atoms with van der Waals surface area (Å²) in [7, 11) is 0. The number of nitrogens with two attached hydrogens (primary N) is 1. The number of halogens is 2. The van der Waals surface area contributed by atoms with Crippen molar-refractivity contribution in [2.75, 3.05) is 5.73 Å². The second-order valence-corrected chi connectivity index (χ2v) is 7.26. The van der Waals surface area contributed by atoms with Gasteiger partial charge in [0.2, 0.25) is 5.95 Å². The molecule has 0 spiro atoms. The van der Waals surface area contributed by atoms with Crippen LogP contribution >= 0.6 is 31.9 Å². The first-order valence-electron chi connectivity index (χ1n) is 7.54. The highest BCUT2D eigenvalue weighted by Crippen LogP contribution is 2.23. The molecule has 0 fully saturated rings. The van der Waals surface area contributed by atoms with Gasteiger partial charge in [-0.15, -0.1) is 0 Å². The highest BCUT2D eigenvalue weighted by Gasteiger charge is 2.05. The molecule has 0 aliphatic carbocycles. The molecule has 2 aromatic carbocycles. The maximum absolute atomic E-state index is 5.96. The maximum Gasteiger partial charge on any atom is 0.221 e. The number of hydrogen-bond acceptors (Lipinski definition) is 4. The van der Waals surface area contributed by atoms with Crippen molar-refractivity contribution in [2.24, 2.45) is 5.10 Å². The Morgan fingerprint density at radius 1 is 1.16 bits per heavy atom. The number of anilines is 1. The molecule has 128 valence electrons. The molecule has 0 aliphatic rings. The SMILES string of the molecule is Cc1cn(N=Cc2cc(Br)ccc2OCc2ccc(Br)cc2)c(N)n1. The Morgan fingerprint density at radius 3 is 2.56 bits per heavy atom. The van der Waals surface area contributed by atoms with Crippen LogP contribution in [0.15, 0.2) is 62.7 Å². The fraction of sp³-hybridized carbons (Fsp3) is 0.111. The average molecular weight is 464 g/mol. The Labute approximate surface area is 162 Å². The third-order valence-electron chi connectivity index (χ3n) is 3.44. The summed E-state index contributed by atoms with van der Waals surface area (Å²) in [5.41, 5.74) is 8.56. The zero-order valence-electron chi connectivity index (χ0n) is 13.5. The van der Waals surface area contributed by atoms with Crippen molar-refractivity contribution in [1.82, 2.24) is 9.66 Å². The smallest absolute Gasteiger partial charge is 0.221 e. The molecule has 2 N–H and O–H groups in total. The predicted octanol–water partition coefficient (Wildman–Crippen LogP) is 4.76. The van der Waals surface area contributed by atoms with E-state index in [1.807, 2.05) is 49.4 Å². The third-order valence-corrected chi connectivity index (χ3v) is 4.46. The van der Waals surface area contributed by atoms with E-state index < -0.39 is 0 Å². The van der Waals surface area contributed by atoms with Crippen LogP contribution in [0, 0.1) is 6.92 Å². The van der Waals surface area contributed by atoms with Crippen LogP contribution in [0.4, 0.5) is 5.95 Å². The van der Waals surface area contributed by atoms with Gasteiger partial charge < -0.3 is 10.5 Å². The van der Waals surface area contributed by atoms with E-state index in [2.05, 4.69) is 41.9 Å². The van der Waals surface area contributed by atoms with Gasteiger partial charge in [0.15, 0.2) is 0 Å². The first kappa shape index (κ1) is 17.7. The summed E-state index contributed by atoms with van der Waals surface area (Å²) < 4.78 is 9.48. The van der Waals surface area contributed by atoms with Crippen LogP contribution < -0.4 is 10.5 Å². The molecule has 7 heteroatoms. The second kappa shape index (κ2) is 7.84. The summed E-state index contributed by atoms with van der Waals surface area (Å²) in [4.78, 5) is 4.13. The zero-order chi connectivity index (χ0) is 17.8. The van der Waals surface area contributed by atoms with Gasteiger partial charge in [0.25, 0.3) is 0 Å². The van der Waals surface area contributed by atoms with E-state index in [0.29, 0.717) is 12.6 Å². The lowest BCUT2D eigenvalue weighted by Crippen LogP contribution is -2.00. The summed E-state index contributed by atoms with van der Waals surface area (Å²) in [6, 6.07) is 13.8. The van der Waals surface area contributed by atoms with Crippen molar-refractivity contribution in [3.8, 4) is 5.75 Å². The van der Waals surface area contributed by atoms with Crippen LogP contribution in [0.5, 0.6) is 5.75 Å². The fourth-order valence-corrected chi connectivity index (χ4v) is 2.86. The highest BCUT2D eigenvalue weighted by molar-refractivity contribution is 9.10. The molecular formula is C18H16Br2N4O. The molecular weight excluding hydrogens is 448 g/mol. The monoisotopic (exact) mass is 462 g/mol. The van der Waals surface area contributed by atoms with E-state index in [-0.39, 0.29) is 0 Å². The van der Waals surface area contributed by atoms with Gasteiger partial charge in [-0.25, -0.2) is 9.66 Å². The van der Waals surface area contributed by atoms with Crippen LogP contribution in [-0.4, -0.2) is 15.9 Å². The molecule has 3 aromatic rings. The van der Waals surface area contributed by atoms with Crippen molar-refractivity contribution in [1.29, 1.82) is 0 Å². The van der Waals surface area contributed by atoms with Crippen LogP contribution in [0.3, 0.4) is 0 Å².